The van der Waals surface area contributed by atoms with Crippen LogP contribution in [-0.2, 0) is 16.1 Å². The third-order valence-corrected chi connectivity index (χ3v) is 6.76. The van der Waals surface area contributed by atoms with Gasteiger partial charge in [0, 0.05) is 26.0 Å². The van der Waals surface area contributed by atoms with E-state index in [1.54, 1.807) is 31.5 Å². The van der Waals surface area contributed by atoms with Crippen molar-refractivity contribution in [2.45, 2.75) is 19.9 Å². The van der Waals surface area contributed by atoms with Crippen LogP contribution >= 0.6 is 24.0 Å². The highest BCUT2D eigenvalue weighted by atomic mass is 32.2. The van der Waals surface area contributed by atoms with Crippen molar-refractivity contribution in [1.82, 2.24) is 14.3 Å². The van der Waals surface area contributed by atoms with E-state index in [0.717, 1.165) is 17.7 Å². The molecule has 35 heavy (non-hydrogen) atoms. The predicted octanol–water partition coefficient (Wildman–Crippen LogP) is 3.94. The summed E-state index contributed by atoms with van der Waals surface area (Å²) >= 11 is 6.67. The third-order valence-electron chi connectivity index (χ3n) is 5.38. The van der Waals surface area contributed by atoms with Crippen molar-refractivity contribution in [2.75, 3.05) is 32.2 Å². The Balaban J connectivity index is 1.62. The molecule has 4 rings (SSSR count). The van der Waals surface area contributed by atoms with E-state index in [2.05, 4.69) is 10.3 Å². The Hall–Kier alpha value is -3.21. The molecule has 1 saturated heterocycles. The molecule has 1 fully saturated rings. The van der Waals surface area contributed by atoms with Gasteiger partial charge in [-0.2, -0.15) is 0 Å². The second kappa shape index (κ2) is 11.5. The lowest BCUT2D eigenvalue weighted by Gasteiger charge is -2.14. The van der Waals surface area contributed by atoms with Crippen LogP contribution in [0.4, 0.5) is 5.82 Å². The first-order chi connectivity index (χ1) is 17.0. The van der Waals surface area contributed by atoms with E-state index in [0.29, 0.717) is 52.6 Å². The zero-order valence-electron chi connectivity index (χ0n) is 19.5. The Bertz CT molecular complexity index is 1320. The molecule has 1 aliphatic heterocycles. The summed E-state index contributed by atoms with van der Waals surface area (Å²) in [5.41, 5.74) is 1.50. The fourth-order valence-corrected chi connectivity index (χ4v) is 4.81. The molecular formula is C25H26N4O4S2. The zero-order valence-corrected chi connectivity index (χ0v) is 21.2. The molecule has 182 valence electrons. The van der Waals surface area contributed by atoms with E-state index in [1.165, 1.54) is 21.1 Å². The standard InChI is InChI=1S/C25H26N4O4S2/c1-3-33-14-6-12-26-22-19(23(30)28-13-5-4-7-21(28)27-22)15-20-24(31)29(25(34)35-20)16-17-8-10-18(32-2)11-9-17/h4-5,7-11,13,15,26H,3,6,12,14,16H2,1-2H3/b20-15+. The molecule has 3 aromatic rings. The van der Waals surface area contributed by atoms with Gasteiger partial charge >= 0.3 is 0 Å². The van der Waals surface area contributed by atoms with Gasteiger partial charge in [-0.15, -0.1) is 0 Å². The average Bonchev–Trinajstić information content (AvgIpc) is 3.13. The summed E-state index contributed by atoms with van der Waals surface area (Å²) in [6, 6.07) is 12.8. The number of carbonyl (C=O) groups is 1. The van der Waals surface area contributed by atoms with Crippen LogP contribution in [0.15, 0.2) is 58.4 Å². The molecule has 0 atom stereocenters. The molecule has 1 aliphatic rings. The number of methoxy groups -OCH3 is 1. The number of ether oxygens (including phenoxy) is 2. The predicted molar refractivity (Wildman–Crippen MR) is 143 cm³/mol. The number of hydrogen-bond donors (Lipinski definition) is 1. The van der Waals surface area contributed by atoms with Gasteiger partial charge in [0.2, 0.25) is 0 Å². The van der Waals surface area contributed by atoms with Crippen molar-refractivity contribution in [3.63, 3.8) is 0 Å². The maximum atomic E-state index is 13.3. The van der Waals surface area contributed by atoms with Crippen molar-refractivity contribution in [3.05, 3.63) is 75.0 Å². The minimum atomic E-state index is -0.261. The number of hydrogen-bond acceptors (Lipinski definition) is 8. The smallest absolute Gasteiger partial charge is 0.267 e. The Morgan fingerprint density at radius 3 is 2.71 bits per heavy atom. The van der Waals surface area contributed by atoms with Crippen LogP contribution in [0.5, 0.6) is 5.75 Å². The number of thioether (sulfide) groups is 1. The number of pyridine rings is 1. The van der Waals surface area contributed by atoms with Crippen LogP contribution in [0.25, 0.3) is 11.7 Å². The van der Waals surface area contributed by atoms with Gasteiger partial charge < -0.3 is 14.8 Å². The number of aromatic nitrogens is 2. The number of rotatable bonds is 10. The summed E-state index contributed by atoms with van der Waals surface area (Å²) in [6.45, 7) is 4.12. The fraction of sp³-hybridized carbons (Fsp3) is 0.280. The lowest BCUT2D eigenvalue weighted by molar-refractivity contribution is -0.122. The van der Waals surface area contributed by atoms with Gasteiger partial charge in [0.1, 0.15) is 21.5 Å². The molecule has 3 heterocycles. The highest BCUT2D eigenvalue weighted by Gasteiger charge is 2.32. The quantitative estimate of drug-likeness (QED) is 0.249. The van der Waals surface area contributed by atoms with Gasteiger partial charge in [-0.25, -0.2) is 4.98 Å². The maximum absolute atomic E-state index is 13.3. The SMILES string of the molecule is CCOCCCNc1nc2ccccn2c(=O)c1/C=C1/SC(=S)N(Cc2ccc(OC)cc2)C1=O. The topological polar surface area (TPSA) is 85.2 Å². The molecule has 1 aromatic carbocycles. The minimum Gasteiger partial charge on any atom is -0.497 e. The van der Waals surface area contributed by atoms with E-state index in [9.17, 15) is 9.59 Å². The Morgan fingerprint density at radius 2 is 1.97 bits per heavy atom. The van der Waals surface area contributed by atoms with Gasteiger partial charge in [0.15, 0.2) is 0 Å². The maximum Gasteiger partial charge on any atom is 0.267 e. The second-order valence-electron chi connectivity index (χ2n) is 7.70. The molecule has 0 radical (unpaired) electrons. The first-order valence-corrected chi connectivity index (χ1v) is 12.5. The summed E-state index contributed by atoms with van der Waals surface area (Å²) in [7, 11) is 1.61. The van der Waals surface area contributed by atoms with Gasteiger partial charge in [-0.1, -0.05) is 42.2 Å². The van der Waals surface area contributed by atoms with Crippen LogP contribution in [0, 0.1) is 0 Å². The number of anilines is 1. The van der Waals surface area contributed by atoms with Crippen LogP contribution in [0.1, 0.15) is 24.5 Å². The number of fused-ring (bicyclic) bond motifs is 1. The molecular weight excluding hydrogens is 484 g/mol. The molecule has 10 heteroatoms. The van der Waals surface area contributed by atoms with Crippen molar-refractivity contribution >= 4 is 51.7 Å². The van der Waals surface area contributed by atoms with E-state index < -0.39 is 0 Å². The molecule has 0 bridgehead atoms. The van der Waals surface area contributed by atoms with Crippen molar-refractivity contribution < 1.29 is 14.3 Å². The lowest BCUT2D eigenvalue weighted by atomic mass is 10.2. The van der Waals surface area contributed by atoms with Crippen LogP contribution < -0.4 is 15.6 Å². The van der Waals surface area contributed by atoms with Gasteiger partial charge in [0.25, 0.3) is 11.5 Å². The number of carbonyl (C=O) groups excluding carboxylic acids is 1. The van der Waals surface area contributed by atoms with Crippen molar-refractivity contribution in [3.8, 4) is 5.75 Å². The Kier molecular flexibility index (Phi) is 8.17. The summed E-state index contributed by atoms with van der Waals surface area (Å²) < 4.78 is 12.5. The fourth-order valence-electron chi connectivity index (χ4n) is 3.57. The summed E-state index contributed by atoms with van der Waals surface area (Å²) in [6.07, 6.45) is 4.01. The molecule has 2 aromatic heterocycles. The highest BCUT2D eigenvalue weighted by Crippen LogP contribution is 2.34. The number of thiocarbonyl (C=S) groups is 1. The van der Waals surface area contributed by atoms with E-state index in [1.807, 2.05) is 37.3 Å². The zero-order chi connectivity index (χ0) is 24.8. The summed E-state index contributed by atoms with van der Waals surface area (Å²) in [5.74, 6) is 0.929. The number of amides is 1. The van der Waals surface area contributed by atoms with E-state index >= 15 is 0 Å². The third kappa shape index (κ3) is 5.72. The molecule has 0 aliphatic carbocycles. The molecule has 8 nitrogen and oxygen atoms in total. The monoisotopic (exact) mass is 510 g/mol. The highest BCUT2D eigenvalue weighted by molar-refractivity contribution is 8.26. The Labute approximate surface area is 212 Å². The molecule has 0 saturated carbocycles. The molecule has 1 N–H and O–H groups in total. The largest absolute Gasteiger partial charge is 0.497 e. The van der Waals surface area contributed by atoms with E-state index in [4.69, 9.17) is 21.7 Å². The van der Waals surface area contributed by atoms with Crippen LogP contribution in [-0.4, -0.2) is 51.4 Å². The summed E-state index contributed by atoms with van der Waals surface area (Å²) in [4.78, 5) is 33.1. The normalized spacial score (nSPS) is 14.8. The number of benzene rings is 1. The van der Waals surface area contributed by atoms with Crippen molar-refractivity contribution in [1.29, 1.82) is 0 Å². The van der Waals surface area contributed by atoms with Gasteiger partial charge in [0.05, 0.1) is 24.1 Å². The van der Waals surface area contributed by atoms with Gasteiger partial charge in [-0.3, -0.25) is 18.9 Å². The number of nitrogens with zero attached hydrogens (tertiary/aromatic N) is 3. The molecule has 1 amide bonds. The lowest BCUT2D eigenvalue weighted by Crippen LogP contribution is -2.27. The van der Waals surface area contributed by atoms with Crippen LogP contribution in [0.2, 0.25) is 0 Å². The van der Waals surface area contributed by atoms with Gasteiger partial charge in [-0.05, 0) is 49.2 Å². The molecule has 0 unspecified atom stereocenters. The summed E-state index contributed by atoms with van der Waals surface area (Å²) in [5, 5.41) is 3.24. The number of nitrogens with one attached hydrogen (secondary N) is 1. The first kappa shape index (κ1) is 24.9. The van der Waals surface area contributed by atoms with Crippen LogP contribution in [0.3, 0.4) is 0 Å². The Morgan fingerprint density at radius 1 is 1.17 bits per heavy atom. The minimum absolute atomic E-state index is 0.240. The van der Waals surface area contributed by atoms with E-state index in [-0.39, 0.29) is 11.5 Å². The molecule has 0 spiro atoms. The average molecular weight is 511 g/mol. The first-order valence-electron chi connectivity index (χ1n) is 11.2. The second-order valence-corrected chi connectivity index (χ2v) is 9.38. The van der Waals surface area contributed by atoms with Crippen molar-refractivity contribution in [2.24, 2.45) is 0 Å².